The SMILES string of the molecule is Cc1ccc2c(c1)C(C)N(C=CCS(=O)(=O)c1ccc(O)cc1)c1ccccc1-2. The van der Waals surface area contributed by atoms with E-state index in [0.29, 0.717) is 0 Å². The monoisotopic (exact) mass is 405 g/mol. The summed E-state index contributed by atoms with van der Waals surface area (Å²) in [6.07, 6.45) is 3.56. The summed E-state index contributed by atoms with van der Waals surface area (Å²) in [4.78, 5) is 2.33. The number of fused-ring (bicyclic) bond motifs is 3. The first-order valence-corrected chi connectivity index (χ1v) is 11.2. The van der Waals surface area contributed by atoms with Crippen molar-refractivity contribution < 1.29 is 13.5 Å². The molecule has 4 rings (SSSR count). The number of phenolic OH excluding ortho intramolecular Hbond substituents is 1. The number of anilines is 1. The minimum atomic E-state index is -3.46. The number of hydrogen-bond acceptors (Lipinski definition) is 4. The highest BCUT2D eigenvalue weighted by Crippen LogP contribution is 2.44. The highest BCUT2D eigenvalue weighted by molar-refractivity contribution is 7.91. The fourth-order valence-electron chi connectivity index (χ4n) is 3.80. The van der Waals surface area contributed by atoms with Gasteiger partial charge in [0, 0.05) is 17.5 Å². The van der Waals surface area contributed by atoms with E-state index in [1.807, 2.05) is 18.3 Å². The van der Waals surface area contributed by atoms with Crippen LogP contribution in [0, 0.1) is 6.92 Å². The van der Waals surface area contributed by atoms with Crippen LogP contribution in [-0.4, -0.2) is 19.3 Å². The summed E-state index contributed by atoms with van der Waals surface area (Å²) in [5.41, 5.74) is 5.87. The van der Waals surface area contributed by atoms with Crippen molar-refractivity contribution in [2.75, 3.05) is 10.7 Å². The van der Waals surface area contributed by atoms with Gasteiger partial charge >= 0.3 is 0 Å². The van der Waals surface area contributed by atoms with Crippen molar-refractivity contribution in [3.8, 4) is 16.9 Å². The first-order valence-electron chi connectivity index (χ1n) is 9.53. The number of sulfone groups is 1. The summed E-state index contributed by atoms with van der Waals surface area (Å²) >= 11 is 0. The molecule has 1 heterocycles. The zero-order valence-corrected chi connectivity index (χ0v) is 17.2. The first kappa shape index (κ1) is 19.3. The van der Waals surface area contributed by atoms with Gasteiger partial charge in [-0.05, 0) is 55.3 Å². The lowest BCUT2D eigenvalue weighted by Gasteiger charge is -2.36. The number of hydrogen-bond donors (Lipinski definition) is 1. The minimum Gasteiger partial charge on any atom is -0.508 e. The molecule has 0 saturated heterocycles. The predicted octanol–water partition coefficient (Wildman–Crippen LogP) is 5.24. The third kappa shape index (κ3) is 3.66. The number of rotatable bonds is 4. The van der Waals surface area contributed by atoms with Crippen molar-refractivity contribution in [1.82, 2.24) is 0 Å². The molecule has 1 unspecified atom stereocenters. The van der Waals surface area contributed by atoms with Gasteiger partial charge in [0.15, 0.2) is 9.84 Å². The second-order valence-electron chi connectivity index (χ2n) is 7.35. The number of benzene rings is 3. The lowest BCUT2D eigenvalue weighted by Crippen LogP contribution is -2.25. The molecule has 0 amide bonds. The van der Waals surface area contributed by atoms with E-state index in [2.05, 4.69) is 49.1 Å². The van der Waals surface area contributed by atoms with E-state index in [0.717, 1.165) is 11.3 Å². The number of phenols is 1. The predicted molar refractivity (Wildman–Crippen MR) is 117 cm³/mol. The van der Waals surface area contributed by atoms with Crippen LogP contribution in [0.5, 0.6) is 5.75 Å². The molecule has 148 valence electrons. The first-order chi connectivity index (χ1) is 13.9. The van der Waals surface area contributed by atoms with Crippen LogP contribution >= 0.6 is 0 Å². The third-order valence-electron chi connectivity index (χ3n) is 5.32. The second kappa shape index (κ2) is 7.41. The third-order valence-corrected chi connectivity index (χ3v) is 6.95. The number of aromatic hydroxyl groups is 1. The molecule has 1 aliphatic rings. The van der Waals surface area contributed by atoms with Crippen molar-refractivity contribution in [2.45, 2.75) is 24.8 Å². The van der Waals surface area contributed by atoms with Gasteiger partial charge in [0.25, 0.3) is 0 Å². The minimum absolute atomic E-state index is 0.0483. The van der Waals surface area contributed by atoms with Crippen molar-refractivity contribution >= 4 is 15.5 Å². The number of aryl methyl sites for hydroxylation is 1. The molecule has 0 radical (unpaired) electrons. The Morgan fingerprint density at radius 2 is 1.72 bits per heavy atom. The van der Waals surface area contributed by atoms with Crippen LogP contribution in [-0.2, 0) is 9.84 Å². The number of para-hydroxylation sites is 1. The van der Waals surface area contributed by atoms with Crippen molar-refractivity contribution in [3.63, 3.8) is 0 Å². The Kier molecular flexibility index (Phi) is 4.92. The second-order valence-corrected chi connectivity index (χ2v) is 9.39. The fraction of sp³-hybridized carbons (Fsp3) is 0.167. The van der Waals surface area contributed by atoms with Gasteiger partial charge in [-0.1, -0.05) is 48.0 Å². The molecule has 4 nitrogen and oxygen atoms in total. The van der Waals surface area contributed by atoms with Crippen LogP contribution in [0.4, 0.5) is 5.69 Å². The van der Waals surface area contributed by atoms with Gasteiger partial charge in [-0.15, -0.1) is 0 Å². The molecule has 0 spiro atoms. The van der Waals surface area contributed by atoms with Crippen LogP contribution in [0.3, 0.4) is 0 Å². The van der Waals surface area contributed by atoms with Crippen LogP contribution in [0.1, 0.15) is 24.1 Å². The maximum atomic E-state index is 12.6. The number of nitrogens with zero attached hydrogens (tertiary/aromatic N) is 1. The largest absolute Gasteiger partial charge is 0.508 e. The lowest BCUT2D eigenvalue weighted by atomic mass is 9.88. The van der Waals surface area contributed by atoms with Crippen LogP contribution in [0.25, 0.3) is 11.1 Å². The van der Waals surface area contributed by atoms with Crippen LogP contribution in [0.15, 0.2) is 83.9 Å². The normalized spacial score (nSPS) is 15.9. The van der Waals surface area contributed by atoms with E-state index in [9.17, 15) is 13.5 Å². The zero-order valence-electron chi connectivity index (χ0n) is 16.4. The van der Waals surface area contributed by atoms with Gasteiger partial charge in [-0.3, -0.25) is 0 Å². The average molecular weight is 406 g/mol. The summed E-state index contributed by atoms with van der Waals surface area (Å²) in [5.74, 6) is -0.0590. The van der Waals surface area contributed by atoms with Gasteiger partial charge < -0.3 is 10.0 Å². The van der Waals surface area contributed by atoms with Crippen molar-refractivity contribution in [1.29, 1.82) is 0 Å². The van der Waals surface area contributed by atoms with E-state index < -0.39 is 9.84 Å². The van der Waals surface area contributed by atoms with Gasteiger partial charge in [0.1, 0.15) is 5.75 Å². The summed E-state index contributed by atoms with van der Waals surface area (Å²) in [6, 6.07) is 20.4. The van der Waals surface area contributed by atoms with Gasteiger partial charge in [0.05, 0.1) is 16.7 Å². The lowest BCUT2D eigenvalue weighted by molar-refractivity contribution is 0.475. The Morgan fingerprint density at radius 3 is 2.48 bits per heavy atom. The molecule has 0 bridgehead atoms. The molecule has 0 aliphatic carbocycles. The molecular weight excluding hydrogens is 382 g/mol. The van der Waals surface area contributed by atoms with E-state index in [-0.39, 0.29) is 22.4 Å². The van der Waals surface area contributed by atoms with Gasteiger partial charge in [0.2, 0.25) is 0 Å². The Hall–Kier alpha value is -3.05. The average Bonchev–Trinajstić information content (AvgIpc) is 2.71. The highest BCUT2D eigenvalue weighted by atomic mass is 32.2. The molecule has 1 aliphatic heterocycles. The summed E-state index contributed by atoms with van der Waals surface area (Å²) < 4.78 is 25.2. The van der Waals surface area contributed by atoms with Gasteiger partial charge in [-0.25, -0.2) is 8.42 Å². The zero-order chi connectivity index (χ0) is 20.6. The molecule has 1 N–H and O–H groups in total. The summed E-state index contributed by atoms with van der Waals surface area (Å²) in [7, 11) is -3.46. The van der Waals surface area contributed by atoms with E-state index in [4.69, 9.17) is 0 Å². The maximum Gasteiger partial charge on any atom is 0.181 e. The van der Waals surface area contributed by atoms with Crippen LogP contribution in [0.2, 0.25) is 0 Å². The molecule has 1 atom stereocenters. The quantitative estimate of drug-likeness (QED) is 0.645. The fourth-order valence-corrected chi connectivity index (χ4v) is 4.88. The Labute approximate surface area is 171 Å². The topological polar surface area (TPSA) is 57.6 Å². The Balaban J connectivity index is 1.66. The molecule has 5 heteroatoms. The smallest absolute Gasteiger partial charge is 0.181 e. The molecule has 0 saturated carbocycles. The Morgan fingerprint density at radius 1 is 1.00 bits per heavy atom. The van der Waals surface area contributed by atoms with E-state index in [1.165, 1.54) is 41.0 Å². The molecule has 3 aromatic rings. The summed E-state index contributed by atoms with van der Waals surface area (Å²) in [5, 5.41) is 9.37. The van der Waals surface area contributed by atoms with Crippen molar-refractivity contribution in [2.24, 2.45) is 0 Å². The summed E-state index contributed by atoms with van der Waals surface area (Å²) in [6.45, 7) is 4.21. The Bertz CT molecular complexity index is 1180. The highest BCUT2D eigenvalue weighted by Gasteiger charge is 2.26. The molecule has 29 heavy (non-hydrogen) atoms. The maximum absolute atomic E-state index is 12.6. The molecular formula is C24H23NO3S. The molecule has 0 fully saturated rings. The standard InChI is InChI=1S/C24H23NO3S/c1-17-8-13-21-22-6-3-4-7-24(22)25(18(2)23(21)16-17)14-5-15-29(27,28)20-11-9-19(26)10-12-20/h3-14,16,18,26H,15H2,1-2H3. The van der Waals surface area contributed by atoms with Crippen molar-refractivity contribution in [3.05, 3.63) is 90.1 Å². The van der Waals surface area contributed by atoms with Gasteiger partial charge in [-0.2, -0.15) is 0 Å². The molecule has 3 aromatic carbocycles. The van der Waals surface area contributed by atoms with E-state index in [1.54, 1.807) is 6.08 Å². The van der Waals surface area contributed by atoms with E-state index >= 15 is 0 Å². The van der Waals surface area contributed by atoms with Crippen LogP contribution < -0.4 is 4.90 Å². The molecule has 0 aromatic heterocycles.